The van der Waals surface area contributed by atoms with Crippen LogP contribution in [0.2, 0.25) is 0 Å². The monoisotopic (exact) mass is 303 g/mol. The number of anilines is 1. The fraction of sp³-hybridized carbons (Fsp3) is 0.143. The van der Waals surface area contributed by atoms with Crippen LogP contribution in [-0.4, -0.2) is 0 Å². The van der Waals surface area contributed by atoms with Crippen molar-refractivity contribution in [3.63, 3.8) is 0 Å². The minimum atomic E-state index is -0.147. The van der Waals surface area contributed by atoms with E-state index in [-0.39, 0.29) is 5.41 Å². The Morgan fingerprint density at radius 3 is 2.04 bits per heavy atom. The maximum absolute atomic E-state index is 6.12. The molecule has 116 valence electrons. The summed E-state index contributed by atoms with van der Waals surface area (Å²) in [6, 6.07) is 26.1. The fourth-order valence-corrected chi connectivity index (χ4v) is 2.75. The van der Waals surface area contributed by atoms with Crippen LogP contribution in [0.25, 0.3) is 0 Å². The predicted molar refractivity (Wildman–Crippen MR) is 95.9 cm³/mol. The van der Waals surface area contributed by atoms with Gasteiger partial charge in [0.25, 0.3) is 0 Å². The van der Waals surface area contributed by atoms with Gasteiger partial charge in [0, 0.05) is 16.7 Å². The second-order valence-corrected chi connectivity index (χ2v) is 6.16. The van der Waals surface area contributed by atoms with Crippen molar-refractivity contribution >= 4 is 5.69 Å². The number of ether oxygens (including phenoxy) is 1. The van der Waals surface area contributed by atoms with Gasteiger partial charge >= 0.3 is 0 Å². The molecule has 0 spiro atoms. The Kier molecular flexibility index (Phi) is 4.07. The first-order chi connectivity index (χ1) is 11.1. The molecular formula is C21H21NO. The van der Waals surface area contributed by atoms with Gasteiger partial charge in [-0.15, -0.1) is 0 Å². The lowest BCUT2D eigenvalue weighted by Crippen LogP contribution is -2.19. The lowest BCUT2D eigenvalue weighted by molar-refractivity contribution is 0.462. The van der Waals surface area contributed by atoms with Crippen LogP contribution < -0.4 is 10.5 Å². The molecular weight excluding hydrogens is 282 g/mol. The van der Waals surface area contributed by atoms with E-state index in [9.17, 15) is 0 Å². The normalized spacial score (nSPS) is 11.2. The average molecular weight is 303 g/mol. The summed E-state index contributed by atoms with van der Waals surface area (Å²) in [5.41, 5.74) is 8.74. The third-order valence-electron chi connectivity index (χ3n) is 4.16. The van der Waals surface area contributed by atoms with E-state index in [1.54, 1.807) is 0 Å². The SMILES string of the molecule is CC(C)(c1ccccc1)c1ccccc1Oc1ccc(N)cc1. The number of hydrogen-bond donors (Lipinski definition) is 1. The van der Waals surface area contributed by atoms with Gasteiger partial charge in [-0.25, -0.2) is 0 Å². The van der Waals surface area contributed by atoms with Crippen LogP contribution in [-0.2, 0) is 5.41 Å². The second kappa shape index (κ2) is 6.17. The molecule has 3 aromatic rings. The molecule has 0 radical (unpaired) electrons. The van der Waals surface area contributed by atoms with Gasteiger partial charge in [0.15, 0.2) is 0 Å². The number of nitrogens with two attached hydrogens (primary N) is 1. The molecule has 0 saturated heterocycles. The summed E-state index contributed by atoms with van der Waals surface area (Å²) in [5, 5.41) is 0. The Bertz CT molecular complexity index is 776. The Hall–Kier alpha value is -2.74. The summed E-state index contributed by atoms with van der Waals surface area (Å²) in [6.07, 6.45) is 0. The Balaban J connectivity index is 1.99. The number of para-hydroxylation sites is 1. The lowest BCUT2D eigenvalue weighted by atomic mass is 9.78. The molecule has 0 unspecified atom stereocenters. The summed E-state index contributed by atoms with van der Waals surface area (Å²) in [7, 11) is 0. The first-order valence-electron chi connectivity index (χ1n) is 7.76. The molecule has 23 heavy (non-hydrogen) atoms. The highest BCUT2D eigenvalue weighted by molar-refractivity contribution is 5.49. The molecule has 0 aliphatic rings. The average Bonchev–Trinajstić information content (AvgIpc) is 2.58. The summed E-state index contributed by atoms with van der Waals surface area (Å²) in [4.78, 5) is 0. The number of benzene rings is 3. The molecule has 2 nitrogen and oxygen atoms in total. The zero-order valence-corrected chi connectivity index (χ0v) is 13.5. The second-order valence-electron chi connectivity index (χ2n) is 6.16. The summed E-state index contributed by atoms with van der Waals surface area (Å²) < 4.78 is 6.12. The molecule has 3 aromatic carbocycles. The van der Waals surface area contributed by atoms with Crippen LogP contribution in [0, 0.1) is 0 Å². The molecule has 0 fully saturated rings. The number of rotatable bonds is 4. The zero-order chi connectivity index (χ0) is 16.3. The molecule has 2 heteroatoms. The predicted octanol–water partition coefficient (Wildman–Crippen LogP) is 5.39. The van der Waals surface area contributed by atoms with Crippen LogP contribution in [0.5, 0.6) is 11.5 Å². The van der Waals surface area contributed by atoms with E-state index in [0.717, 1.165) is 22.7 Å². The minimum absolute atomic E-state index is 0.147. The molecule has 0 heterocycles. The first-order valence-corrected chi connectivity index (χ1v) is 7.76. The first kappa shape index (κ1) is 15.2. The molecule has 0 atom stereocenters. The van der Waals surface area contributed by atoms with Crippen LogP contribution in [0.3, 0.4) is 0 Å². The van der Waals surface area contributed by atoms with Crippen molar-refractivity contribution in [1.82, 2.24) is 0 Å². The van der Waals surface area contributed by atoms with Crippen LogP contribution >= 0.6 is 0 Å². The van der Waals surface area contributed by atoms with Crippen molar-refractivity contribution in [2.24, 2.45) is 0 Å². The molecule has 0 aromatic heterocycles. The fourth-order valence-electron chi connectivity index (χ4n) is 2.75. The minimum Gasteiger partial charge on any atom is -0.457 e. The van der Waals surface area contributed by atoms with Crippen molar-refractivity contribution < 1.29 is 4.74 Å². The summed E-state index contributed by atoms with van der Waals surface area (Å²) in [6.45, 7) is 4.43. The van der Waals surface area contributed by atoms with Crippen molar-refractivity contribution in [2.45, 2.75) is 19.3 Å². The summed E-state index contributed by atoms with van der Waals surface area (Å²) in [5.74, 6) is 1.65. The highest BCUT2D eigenvalue weighted by Gasteiger charge is 2.26. The maximum Gasteiger partial charge on any atom is 0.131 e. The van der Waals surface area contributed by atoms with Crippen LogP contribution in [0.1, 0.15) is 25.0 Å². The molecule has 3 rings (SSSR count). The van der Waals surface area contributed by atoms with Gasteiger partial charge in [0.1, 0.15) is 11.5 Å². The maximum atomic E-state index is 6.12. The van der Waals surface area contributed by atoms with Gasteiger partial charge in [-0.1, -0.05) is 62.4 Å². The van der Waals surface area contributed by atoms with Gasteiger partial charge in [0.05, 0.1) is 0 Å². The topological polar surface area (TPSA) is 35.2 Å². The van der Waals surface area contributed by atoms with E-state index in [2.05, 4.69) is 50.2 Å². The number of hydrogen-bond acceptors (Lipinski definition) is 2. The van der Waals surface area contributed by atoms with Gasteiger partial charge in [-0.2, -0.15) is 0 Å². The highest BCUT2D eigenvalue weighted by Crippen LogP contribution is 2.38. The van der Waals surface area contributed by atoms with Crippen molar-refractivity contribution in [3.05, 3.63) is 90.0 Å². The van der Waals surface area contributed by atoms with Gasteiger partial charge < -0.3 is 10.5 Å². The van der Waals surface area contributed by atoms with Gasteiger partial charge in [-0.05, 0) is 35.9 Å². The summed E-state index contributed by atoms with van der Waals surface area (Å²) >= 11 is 0. The van der Waals surface area contributed by atoms with Crippen molar-refractivity contribution in [3.8, 4) is 11.5 Å². The highest BCUT2D eigenvalue weighted by atomic mass is 16.5. The number of nitrogen functional groups attached to an aromatic ring is 1. The van der Waals surface area contributed by atoms with E-state index in [1.807, 2.05) is 42.5 Å². The molecule has 2 N–H and O–H groups in total. The quantitative estimate of drug-likeness (QED) is 0.656. The Morgan fingerprint density at radius 1 is 0.739 bits per heavy atom. The Labute approximate surface area is 137 Å². The van der Waals surface area contributed by atoms with Crippen molar-refractivity contribution in [2.75, 3.05) is 5.73 Å². The third-order valence-corrected chi connectivity index (χ3v) is 4.16. The largest absolute Gasteiger partial charge is 0.457 e. The zero-order valence-electron chi connectivity index (χ0n) is 13.5. The van der Waals surface area contributed by atoms with E-state index in [0.29, 0.717) is 0 Å². The van der Waals surface area contributed by atoms with Crippen molar-refractivity contribution in [1.29, 1.82) is 0 Å². The molecule has 0 bridgehead atoms. The molecule has 0 aliphatic carbocycles. The molecule has 0 aliphatic heterocycles. The van der Waals surface area contributed by atoms with Crippen LogP contribution in [0.15, 0.2) is 78.9 Å². The van der Waals surface area contributed by atoms with Gasteiger partial charge in [-0.3, -0.25) is 0 Å². The van der Waals surface area contributed by atoms with E-state index < -0.39 is 0 Å². The standard InChI is InChI=1S/C21H21NO/c1-21(2,16-8-4-3-5-9-16)19-10-6-7-11-20(19)23-18-14-12-17(22)13-15-18/h3-15H,22H2,1-2H3. The van der Waals surface area contributed by atoms with Gasteiger partial charge in [0.2, 0.25) is 0 Å². The lowest BCUT2D eigenvalue weighted by Gasteiger charge is -2.28. The van der Waals surface area contributed by atoms with E-state index in [1.165, 1.54) is 5.56 Å². The molecule has 0 amide bonds. The smallest absolute Gasteiger partial charge is 0.131 e. The Morgan fingerprint density at radius 2 is 1.35 bits per heavy atom. The van der Waals surface area contributed by atoms with Crippen LogP contribution in [0.4, 0.5) is 5.69 Å². The molecule has 0 saturated carbocycles. The third kappa shape index (κ3) is 3.21. The van der Waals surface area contributed by atoms with E-state index in [4.69, 9.17) is 10.5 Å². The van der Waals surface area contributed by atoms with E-state index >= 15 is 0 Å².